The van der Waals surface area contributed by atoms with Crippen molar-refractivity contribution in [3.8, 4) is 0 Å². The Bertz CT molecular complexity index is 877. The second kappa shape index (κ2) is 8.27. The van der Waals surface area contributed by atoms with E-state index in [1.165, 1.54) is 0 Å². The Morgan fingerprint density at radius 1 is 0.960 bits per heavy atom. The van der Waals surface area contributed by atoms with Gasteiger partial charge in [0.25, 0.3) is 5.91 Å². The van der Waals surface area contributed by atoms with E-state index in [0.29, 0.717) is 17.1 Å². The van der Waals surface area contributed by atoms with Crippen LogP contribution in [0.5, 0.6) is 0 Å². The number of pyridine rings is 1. The van der Waals surface area contributed by atoms with Crippen molar-refractivity contribution in [1.29, 1.82) is 0 Å². The molecule has 2 aromatic carbocycles. The minimum atomic E-state index is -0.170. The van der Waals surface area contributed by atoms with Crippen LogP contribution >= 0.6 is 11.6 Å². The van der Waals surface area contributed by atoms with Crippen molar-refractivity contribution in [2.75, 3.05) is 0 Å². The molecule has 0 aliphatic rings. The van der Waals surface area contributed by atoms with Crippen LogP contribution in [0.3, 0.4) is 0 Å². The molecule has 1 amide bonds. The van der Waals surface area contributed by atoms with Gasteiger partial charge in [-0.1, -0.05) is 66.2 Å². The van der Waals surface area contributed by atoms with E-state index in [9.17, 15) is 4.79 Å². The van der Waals surface area contributed by atoms with Crippen LogP contribution in [-0.2, 0) is 11.3 Å². The molecule has 0 radical (unpaired) electrons. The highest BCUT2D eigenvalue weighted by atomic mass is 35.5. The Morgan fingerprint density at radius 3 is 2.40 bits per heavy atom. The average Bonchev–Trinajstić information content (AvgIpc) is 2.67. The first kappa shape index (κ1) is 16.9. The number of nitrogens with one attached hydrogen (secondary N) is 1. The molecule has 0 unspecified atom stereocenters. The Hall–Kier alpha value is -2.91. The highest BCUT2D eigenvalue weighted by Crippen LogP contribution is 2.23. The predicted molar refractivity (Wildman–Crippen MR) is 102 cm³/mol. The Morgan fingerprint density at radius 2 is 1.68 bits per heavy atom. The van der Waals surface area contributed by atoms with E-state index in [0.717, 1.165) is 16.8 Å². The van der Waals surface area contributed by atoms with Gasteiger partial charge in [-0.2, -0.15) is 0 Å². The molecule has 0 bridgehead atoms. The number of hydrogen-bond donors (Lipinski definition) is 1. The van der Waals surface area contributed by atoms with Crippen LogP contribution in [0.25, 0.3) is 11.6 Å². The van der Waals surface area contributed by atoms with E-state index < -0.39 is 0 Å². The largest absolute Gasteiger partial charge is 0.346 e. The molecular weight excluding hydrogens is 332 g/mol. The van der Waals surface area contributed by atoms with Gasteiger partial charge in [0.1, 0.15) is 0 Å². The third-order valence-corrected chi connectivity index (χ3v) is 4.03. The number of carbonyl (C=O) groups is 1. The summed E-state index contributed by atoms with van der Waals surface area (Å²) in [6, 6.07) is 22.6. The standard InChI is InChI=1S/C21H17ClN2O/c22-20-12-5-4-10-17(20)14-19(16-8-2-1-3-9-16)21(25)24-15-18-11-6-7-13-23-18/h1-14H,15H2,(H,24,25)/b19-14-. The Balaban J connectivity index is 1.89. The lowest BCUT2D eigenvalue weighted by atomic mass is 10.0. The molecule has 0 spiro atoms. The number of hydrogen-bond acceptors (Lipinski definition) is 2. The molecule has 3 nitrogen and oxygen atoms in total. The van der Waals surface area contributed by atoms with Crippen molar-refractivity contribution in [3.63, 3.8) is 0 Å². The van der Waals surface area contributed by atoms with E-state index in [2.05, 4.69) is 10.3 Å². The van der Waals surface area contributed by atoms with Gasteiger partial charge in [0, 0.05) is 16.8 Å². The zero-order valence-corrected chi connectivity index (χ0v) is 14.3. The summed E-state index contributed by atoms with van der Waals surface area (Å²) in [6.45, 7) is 0.367. The molecular formula is C21H17ClN2O. The van der Waals surface area contributed by atoms with E-state index in [4.69, 9.17) is 11.6 Å². The smallest absolute Gasteiger partial charge is 0.252 e. The number of aromatic nitrogens is 1. The molecule has 0 aliphatic carbocycles. The SMILES string of the molecule is O=C(NCc1ccccn1)/C(=C\c1ccccc1Cl)c1ccccc1. The first-order chi connectivity index (χ1) is 12.2. The molecule has 0 aliphatic heterocycles. The molecule has 124 valence electrons. The van der Waals surface area contributed by atoms with E-state index in [1.807, 2.05) is 78.9 Å². The van der Waals surface area contributed by atoms with Crippen molar-refractivity contribution in [2.45, 2.75) is 6.54 Å². The number of benzene rings is 2. The number of carbonyl (C=O) groups excluding carboxylic acids is 1. The van der Waals surface area contributed by atoms with Gasteiger partial charge in [0.2, 0.25) is 0 Å². The monoisotopic (exact) mass is 348 g/mol. The fraction of sp³-hybridized carbons (Fsp3) is 0.0476. The maximum absolute atomic E-state index is 12.8. The molecule has 1 heterocycles. The van der Waals surface area contributed by atoms with Crippen LogP contribution < -0.4 is 5.32 Å². The molecule has 3 aromatic rings. The molecule has 1 aromatic heterocycles. The van der Waals surface area contributed by atoms with Crippen molar-refractivity contribution in [3.05, 3.63) is 101 Å². The second-order valence-electron chi connectivity index (χ2n) is 5.45. The van der Waals surface area contributed by atoms with Crippen LogP contribution in [0.1, 0.15) is 16.8 Å². The summed E-state index contributed by atoms with van der Waals surface area (Å²) in [5.74, 6) is -0.170. The van der Waals surface area contributed by atoms with E-state index in [-0.39, 0.29) is 5.91 Å². The van der Waals surface area contributed by atoms with Gasteiger partial charge in [0.05, 0.1) is 12.2 Å². The first-order valence-electron chi connectivity index (χ1n) is 7.94. The summed E-state index contributed by atoms with van der Waals surface area (Å²) in [5, 5.41) is 3.53. The lowest BCUT2D eigenvalue weighted by molar-refractivity contribution is -0.115. The van der Waals surface area contributed by atoms with Gasteiger partial charge in [-0.3, -0.25) is 9.78 Å². The molecule has 25 heavy (non-hydrogen) atoms. The fourth-order valence-corrected chi connectivity index (χ4v) is 2.60. The van der Waals surface area contributed by atoms with Crippen LogP contribution in [-0.4, -0.2) is 10.9 Å². The third kappa shape index (κ3) is 4.55. The highest BCUT2D eigenvalue weighted by Gasteiger charge is 2.13. The highest BCUT2D eigenvalue weighted by molar-refractivity contribution is 6.33. The Labute approximate surface area is 152 Å². The lowest BCUT2D eigenvalue weighted by Gasteiger charge is -2.10. The zero-order chi connectivity index (χ0) is 17.5. The topological polar surface area (TPSA) is 42.0 Å². The molecule has 0 saturated carbocycles. The normalized spacial score (nSPS) is 11.2. The number of amides is 1. The molecule has 0 fully saturated rings. The van der Waals surface area contributed by atoms with Crippen LogP contribution in [0.15, 0.2) is 79.0 Å². The van der Waals surface area contributed by atoms with E-state index in [1.54, 1.807) is 6.20 Å². The van der Waals surface area contributed by atoms with Crippen LogP contribution in [0.4, 0.5) is 0 Å². The summed E-state index contributed by atoms with van der Waals surface area (Å²) in [7, 11) is 0. The lowest BCUT2D eigenvalue weighted by Crippen LogP contribution is -2.24. The average molecular weight is 349 g/mol. The summed E-state index contributed by atoms with van der Waals surface area (Å²) < 4.78 is 0. The predicted octanol–water partition coefficient (Wildman–Crippen LogP) is 4.59. The maximum Gasteiger partial charge on any atom is 0.252 e. The number of halogens is 1. The minimum absolute atomic E-state index is 0.170. The fourth-order valence-electron chi connectivity index (χ4n) is 2.41. The third-order valence-electron chi connectivity index (χ3n) is 3.69. The van der Waals surface area contributed by atoms with Gasteiger partial charge in [-0.25, -0.2) is 0 Å². The van der Waals surface area contributed by atoms with Crippen molar-refractivity contribution < 1.29 is 4.79 Å². The minimum Gasteiger partial charge on any atom is -0.346 e. The molecule has 0 atom stereocenters. The molecule has 0 saturated heterocycles. The molecule has 3 rings (SSSR count). The summed E-state index contributed by atoms with van der Waals surface area (Å²) in [5.41, 5.74) is 3.00. The summed E-state index contributed by atoms with van der Waals surface area (Å²) >= 11 is 6.25. The zero-order valence-electron chi connectivity index (χ0n) is 13.5. The van der Waals surface area contributed by atoms with Crippen LogP contribution in [0.2, 0.25) is 5.02 Å². The molecule has 4 heteroatoms. The quantitative estimate of drug-likeness (QED) is 0.541. The maximum atomic E-state index is 12.8. The first-order valence-corrected chi connectivity index (χ1v) is 8.31. The van der Waals surface area contributed by atoms with Gasteiger partial charge in [0.15, 0.2) is 0 Å². The van der Waals surface area contributed by atoms with Crippen molar-refractivity contribution in [2.24, 2.45) is 0 Å². The summed E-state index contributed by atoms with van der Waals surface area (Å²) in [4.78, 5) is 17.0. The Kier molecular flexibility index (Phi) is 5.60. The van der Waals surface area contributed by atoms with Crippen molar-refractivity contribution in [1.82, 2.24) is 10.3 Å². The van der Waals surface area contributed by atoms with E-state index >= 15 is 0 Å². The summed E-state index contributed by atoms with van der Waals surface area (Å²) in [6.07, 6.45) is 3.52. The van der Waals surface area contributed by atoms with Gasteiger partial charge in [-0.05, 0) is 35.4 Å². The van der Waals surface area contributed by atoms with Crippen LogP contribution in [0, 0.1) is 0 Å². The van der Waals surface area contributed by atoms with Gasteiger partial charge in [-0.15, -0.1) is 0 Å². The number of nitrogens with zero attached hydrogens (tertiary/aromatic N) is 1. The van der Waals surface area contributed by atoms with Gasteiger partial charge >= 0.3 is 0 Å². The number of rotatable bonds is 5. The second-order valence-corrected chi connectivity index (χ2v) is 5.86. The molecule has 1 N–H and O–H groups in total. The van der Waals surface area contributed by atoms with Gasteiger partial charge < -0.3 is 5.32 Å². The van der Waals surface area contributed by atoms with Crippen molar-refractivity contribution >= 4 is 29.2 Å².